The van der Waals surface area contributed by atoms with Crippen LogP contribution in [0.5, 0.6) is 0 Å². The number of rotatable bonds is 11. The summed E-state index contributed by atoms with van der Waals surface area (Å²) in [6, 6.07) is 0.544. The highest BCUT2D eigenvalue weighted by atomic mass is 32.2. The molecule has 1 unspecified atom stereocenters. The SMILES string of the molecule is C=CC1=C(C=C)C(N2CCC(C/C=N/N(C)CCCCSO)CC2)CCC1. The largest absolute Gasteiger partial charge is 0.330 e. The molecule has 5 heteroatoms. The molecule has 1 heterocycles. The molecule has 27 heavy (non-hydrogen) atoms. The molecule has 2 aliphatic rings. The number of likely N-dealkylation sites (tertiary alicyclic amines) is 1. The fraction of sp³-hybridized carbons (Fsp3) is 0.682. The predicted octanol–water partition coefficient (Wildman–Crippen LogP) is 5.21. The minimum absolute atomic E-state index is 0.544. The Labute approximate surface area is 170 Å². The summed E-state index contributed by atoms with van der Waals surface area (Å²) in [5.74, 6) is 1.57. The van der Waals surface area contributed by atoms with E-state index in [1.54, 1.807) is 0 Å². The van der Waals surface area contributed by atoms with E-state index in [1.165, 1.54) is 49.9 Å². The third kappa shape index (κ3) is 7.13. The van der Waals surface area contributed by atoms with E-state index in [9.17, 15) is 0 Å². The van der Waals surface area contributed by atoms with Crippen molar-refractivity contribution in [2.24, 2.45) is 11.0 Å². The number of unbranched alkanes of at least 4 members (excludes halogenated alkanes) is 1. The Morgan fingerprint density at radius 3 is 2.67 bits per heavy atom. The van der Waals surface area contributed by atoms with Crippen molar-refractivity contribution in [2.75, 3.05) is 32.4 Å². The first kappa shape index (κ1) is 22.3. The van der Waals surface area contributed by atoms with Crippen LogP contribution < -0.4 is 0 Å². The van der Waals surface area contributed by atoms with Gasteiger partial charge in [-0.2, -0.15) is 5.10 Å². The molecule has 4 nitrogen and oxygen atoms in total. The molecule has 0 aromatic heterocycles. The van der Waals surface area contributed by atoms with Gasteiger partial charge in [0.15, 0.2) is 0 Å². The van der Waals surface area contributed by atoms with Gasteiger partial charge in [-0.05, 0) is 93.6 Å². The molecule has 1 saturated heterocycles. The van der Waals surface area contributed by atoms with Crippen molar-refractivity contribution in [3.8, 4) is 0 Å². The van der Waals surface area contributed by atoms with Crippen LogP contribution in [0.3, 0.4) is 0 Å². The van der Waals surface area contributed by atoms with Crippen LogP contribution in [0.15, 0.2) is 41.6 Å². The minimum atomic E-state index is 0.544. The molecule has 1 N–H and O–H groups in total. The first-order chi connectivity index (χ1) is 13.2. The summed E-state index contributed by atoms with van der Waals surface area (Å²) in [7, 11) is 2.04. The number of hydrogen-bond donors (Lipinski definition) is 1. The maximum Gasteiger partial charge on any atom is 0.0357 e. The zero-order valence-electron chi connectivity index (χ0n) is 17.0. The summed E-state index contributed by atoms with van der Waals surface area (Å²) >= 11 is 0.929. The number of hydrazone groups is 1. The number of allylic oxidation sites excluding steroid dienone is 2. The maximum atomic E-state index is 8.73. The van der Waals surface area contributed by atoms with Gasteiger partial charge in [0, 0.05) is 31.6 Å². The van der Waals surface area contributed by atoms with E-state index in [-0.39, 0.29) is 0 Å². The zero-order valence-corrected chi connectivity index (χ0v) is 17.8. The van der Waals surface area contributed by atoms with E-state index >= 15 is 0 Å². The van der Waals surface area contributed by atoms with Gasteiger partial charge in [0.1, 0.15) is 0 Å². The standard InChI is InChI=1S/C22H37N3OS/c1-4-20-9-8-10-22(21(20)5-2)25-16-12-19(13-17-25)11-14-23-24(3)15-6-7-18-27-26/h4-5,14,19,22,26H,1-2,6-13,15-18H2,3H3/b23-14+. The van der Waals surface area contributed by atoms with Gasteiger partial charge in [0.05, 0.1) is 0 Å². The summed E-state index contributed by atoms with van der Waals surface area (Å²) in [6.45, 7) is 11.4. The topological polar surface area (TPSA) is 39.1 Å². The van der Waals surface area contributed by atoms with Crippen LogP contribution in [0.4, 0.5) is 0 Å². The molecule has 1 aliphatic carbocycles. The van der Waals surface area contributed by atoms with Crippen molar-refractivity contribution in [1.82, 2.24) is 9.91 Å². The highest BCUT2D eigenvalue weighted by Gasteiger charge is 2.29. The lowest BCUT2D eigenvalue weighted by atomic mass is 9.84. The number of hydrogen-bond acceptors (Lipinski definition) is 5. The average molecular weight is 392 g/mol. The Morgan fingerprint density at radius 2 is 2.00 bits per heavy atom. The van der Waals surface area contributed by atoms with Crippen molar-refractivity contribution in [1.29, 1.82) is 0 Å². The summed E-state index contributed by atoms with van der Waals surface area (Å²) in [5.41, 5.74) is 2.81. The molecular formula is C22H37N3OS. The monoisotopic (exact) mass is 391 g/mol. The third-order valence-electron chi connectivity index (χ3n) is 5.89. The first-order valence-electron chi connectivity index (χ1n) is 10.4. The van der Waals surface area contributed by atoms with Gasteiger partial charge in [-0.3, -0.25) is 4.90 Å². The molecule has 1 fully saturated rings. The summed E-state index contributed by atoms with van der Waals surface area (Å²) in [5, 5.41) is 6.59. The molecule has 0 saturated carbocycles. The smallest absolute Gasteiger partial charge is 0.0357 e. The van der Waals surface area contributed by atoms with E-state index < -0.39 is 0 Å². The molecule has 0 spiro atoms. The highest BCUT2D eigenvalue weighted by molar-refractivity contribution is 7.93. The van der Waals surface area contributed by atoms with E-state index in [0.717, 1.165) is 55.9 Å². The van der Waals surface area contributed by atoms with Crippen molar-refractivity contribution < 1.29 is 4.55 Å². The van der Waals surface area contributed by atoms with Crippen molar-refractivity contribution in [3.63, 3.8) is 0 Å². The Morgan fingerprint density at radius 1 is 1.22 bits per heavy atom. The maximum absolute atomic E-state index is 8.73. The van der Waals surface area contributed by atoms with Crippen LogP contribution in [-0.4, -0.2) is 59.2 Å². The third-order valence-corrected chi connectivity index (χ3v) is 6.37. The van der Waals surface area contributed by atoms with Crippen molar-refractivity contribution in [3.05, 3.63) is 36.5 Å². The summed E-state index contributed by atoms with van der Waals surface area (Å²) in [6.07, 6.45) is 15.6. The molecular weight excluding hydrogens is 354 g/mol. The minimum Gasteiger partial charge on any atom is -0.330 e. The van der Waals surface area contributed by atoms with Crippen LogP contribution >= 0.6 is 12.0 Å². The molecule has 0 amide bonds. The number of piperidine rings is 1. The fourth-order valence-electron chi connectivity index (χ4n) is 4.27. The normalized spacial score (nSPS) is 22.4. The Kier molecular flexibility index (Phi) is 10.2. The number of nitrogens with zero attached hydrogens (tertiary/aromatic N) is 3. The Hall–Kier alpha value is -1.04. The van der Waals surface area contributed by atoms with Crippen molar-refractivity contribution >= 4 is 18.3 Å². The first-order valence-corrected chi connectivity index (χ1v) is 11.4. The lowest BCUT2D eigenvalue weighted by Gasteiger charge is -2.40. The van der Waals surface area contributed by atoms with Crippen LogP contribution in [0.2, 0.25) is 0 Å². The van der Waals surface area contributed by atoms with Crippen molar-refractivity contribution in [2.45, 2.75) is 57.4 Å². The second-order valence-electron chi connectivity index (χ2n) is 7.73. The van der Waals surface area contributed by atoms with Gasteiger partial charge < -0.3 is 9.56 Å². The quantitative estimate of drug-likeness (QED) is 0.227. The molecule has 0 bridgehead atoms. The second-order valence-corrected chi connectivity index (χ2v) is 8.40. The van der Waals surface area contributed by atoms with Gasteiger partial charge >= 0.3 is 0 Å². The molecule has 2 rings (SSSR count). The average Bonchev–Trinajstić information content (AvgIpc) is 2.71. The molecule has 0 radical (unpaired) electrons. The molecule has 1 atom stereocenters. The second kappa shape index (κ2) is 12.4. The van der Waals surface area contributed by atoms with Gasteiger partial charge in [-0.1, -0.05) is 25.3 Å². The van der Waals surface area contributed by atoms with Gasteiger partial charge in [-0.15, -0.1) is 0 Å². The molecule has 152 valence electrons. The van der Waals surface area contributed by atoms with Crippen LogP contribution in [0, 0.1) is 5.92 Å². The summed E-state index contributed by atoms with van der Waals surface area (Å²) < 4.78 is 8.73. The highest BCUT2D eigenvalue weighted by Crippen LogP contribution is 2.32. The summed E-state index contributed by atoms with van der Waals surface area (Å²) in [4.78, 5) is 2.67. The van der Waals surface area contributed by atoms with E-state index in [0.29, 0.717) is 6.04 Å². The van der Waals surface area contributed by atoms with Crippen LogP contribution in [0.25, 0.3) is 0 Å². The zero-order chi connectivity index (χ0) is 19.5. The van der Waals surface area contributed by atoms with Crippen LogP contribution in [0.1, 0.15) is 51.4 Å². The van der Waals surface area contributed by atoms with Gasteiger partial charge in [-0.25, -0.2) is 0 Å². The van der Waals surface area contributed by atoms with Gasteiger partial charge in [0.2, 0.25) is 0 Å². The van der Waals surface area contributed by atoms with Crippen LogP contribution in [-0.2, 0) is 0 Å². The van der Waals surface area contributed by atoms with E-state index in [2.05, 4.69) is 35.4 Å². The van der Waals surface area contributed by atoms with E-state index in [4.69, 9.17) is 4.55 Å². The lowest BCUT2D eigenvalue weighted by Crippen LogP contribution is -2.43. The lowest BCUT2D eigenvalue weighted by molar-refractivity contribution is 0.143. The molecule has 0 aromatic carbocycles. The molecule has 1 aliphatic heterocycles. The predicted molar refractivity (Wildman–Crippen MR) is 119 cm³/mol. The van der Waals surface area contributed by atoms with Gasteiger partial charge in [0.25, 0.3) is 0 Å². The molecule has 0 aromatic rings. The Balaban J connectivity index is 1.73. The fourth-order valence-corrected chi connectivity index (χ4v) is 4.60. The van der Waals surface area contributed by atoms with E-state index in [1.807, 2.05) is 18.1 Å². The Bertz CT molecular complexity index is 524.